The van der Waals surface area contributed by atoms with E-state index < -0.39 is 0 Å². The van der Waals surface area contributed by atoms with Crippen LogP contribution in [0.4, 0.5) is 0 Å². The van der Waals surface area contributed by atoms with Crippen molar-refractivity contribution in [3.05, 3.63) is 47.2 Å². The fourth-order valence-corrected chi connectivity index (χ4v) is 2.75. The minimum absolute atomic E-state index is 0.177. The standard InChI is InChI=1S/C15H17NO/c1-10-13-8-7-12(17)9-14(13)16-15(10)11-5-3-2-4-6-11/h2-6,12,16-17H,7-9H2,1H3. The number of aliphatic hydroxyl groups excluding tert-OH is 1. The van der Waals surface area contributed by atoms with Crippen molar-refractivity contribution in [2.45, 2.75) is 32.3 Å². The van der Waals surface area contributed by atoms with Gasteiger partial charge in [-0.15, -0.1) is 0 Å². The summed E-state index contributed by atoms with van der Waals surface area (Å²) in [6.07, 6.45) is 2.47. The smallest absolute Gasteiger partial charge is 0.0598 e. The van der Waals surface area contributed by atoms with Gasteiger partial charge in [0.05, 0.1) is 6.10 Å². The molecule has 1 aromatic heterocycles. The Morgan fingerprint density at radius 3 is 2.76 bits per heavy atom. The van der Waals surface area contributed by atoms with Crippen LogP contribution in [0, 0.1) is 6.92 Å². The molecule has 0 spiro atoms. The van der Waals surface area contributed by atoms with E-state index in [0.29, 0.717) is 0 Å². The molecule has 0 aliphatic heterocycles. The number of H-pyrrole nitrogens is 1. The minimum Gasteiger partial charge on any atom is -0.393 e. The topological polar surface area (TPSA) is 36.0 Å². The van der Waals surface area contributed by atoms with E-state index in [1.54, 1.807) is 0 Å². The van der Waals surface area contributed by atoms with Crippen molar-refractivity contribution in [1.82, 2.24) is 4.98 Å². The van der Waals surface area contributed by atoms with Gasteiger partial charge in [0.2, 0.25) is 0 Å². The number of hydrogen-bond donors (Lipinski definition) is 2. The molecule has 0 saturated carbocycles. The normalized spacial score (nSPS) is 19.1. The molecule has 1 unspecified atom stereocenters. The summed E-state index contributed by atoms with van der Waals surface area (Å²) in [7, 11) is 0. The molecule has 1 heterocycles. The molecule has 2 nitrogen and oxygen atoms in total. The lowest BCUT2D eigenvalue weighted by Gasteiger charge is -2.17. The van der Waals surface area contributed by atoms with Gasteiger partial charge in [-0.25, -0.2) is 0 Å². The fraction of sp³-hybridized carbons (Fsp3) is 0.333. The highest BCUT2D eigenvalue weighted by molar-refractivity contribution is 5.66. The summed E-state index contributed by atoms with van der Waals surface area (Å²) in [5.41, 5.74) is 6.42. The molecule has 1 aromatic carbocycles. The van der Waals surface area contributed by atoms with Gasteiger partial charge in [-0.1, -0.05) is 30.3 Å². The molecule has 0 amide bonds. The van der Waals surface area contributed by atoms with E-state index in [9.17, 15) is 5.11 Å². The van der Waals surface area contributed by atoms with Gasteiger partial charge in [-0.3, -0.25) is 0 Å². The maximum atomic E-state index is 9.71. The zero-order chi connectivity index (χ0) is 11.8. The summed E-state index contributed by atoms with van der Waals surface area (Å²) < 4.78 is 0. The molecule has 1 aliphatic rings. The summed E-state index contributed by atoms with van der Waals surface area (Å²) in [6, 6.07) is 10.4. The third kappa shape index (κ3) is 1.79. The van der Waals surface area contributed by atoms with Gasteiger partial charge in [0, 0.05) is 17.8 Å². The molecular formula is C15H17NO. The first-order chi connectivity index (χ1) is 8.25. The average molecular weight is 227 g/mol. The predicted octanol–water partition coefficient (Wildman–Crippen LogP) is 2.84. The van der Waals surface area contributed by atoms with Crippen LogP contribution < -0.4 is 0 Å². The Balaban J connectivity index is 2.08. The van der Waals surface area contributed by atoms with E-state index in [1.807, 2.05) is 6.07 Å². The number of fused-ring (bicyclic) bond motifs is 1. The molecule has 2 N–H and O–H groups in total. The van der Waals surface area contributed by atoms with Gasteiger partial charge in [-0.05, 0) is 36.5 Å². The van der Waals surface area contributed by atoms with Crippen LogP contribution in [0.25, 0.3) is 11.3 Å². The lowest BCUT2D eigenvalue weighted by atomic mass is 9.92. The number of aromatic nitrogens is 1. The van der Waals surface area contributed by atoms with Crippen LogP contribution in [0.2, 0.25) is 0 Å². The monoisotopic (exact) mass is 227 g/mol. The molecule has 0 bridgehead atoms. The predicted molar refractivity (Wildman–Crippen MR) is 69.0 cm³/mol. The molecule has 1 atom stereocenters. The lowest BCUT2D eigenvalue weighted by Crippen LogP contribution is -2.18. The number of rotatable bonds is 1. The quantitative estimate of drug-likeness (QED) is 0.772. The Hall–Kier alpha value is -1.54. The van der Waals surface area contributed by atoms with Crippen molar-refractivity contribution in [3.8, 4) is 11.3 Å². The summed E-state index contributed by atoms with van der Waals surface area (Å²) in [4.78, 5) is 3.49. The second-order valence-electron chi connectivity index (χ2n) is 4.84. The van der Waals surface area contributed by atoms with Crippen molar-refractivity contribution in [2.24, 2.45) is 0 Å². The van der Waals surface area contributed by atoms with E-state index in [0.717, 1.165) is 19.3 Å². The van der Waals surface area contributed by atoms with Crippen LogP contribution in [-0.2, 0) is 12.8 Å². The molecule has 0 radical (unpaired) electrons. The van der Waals surface area contributed by atoms with E-state index in [-0.39, 0.29) is 6.10 Å². The average Bonchev–Trinajstić information content (AvgIpc) is 2.67. The molecule has 3 rings (SSSR count). The Kier molecular flexibility index (Phi) is 2.52. The van der Waals surface area contributed by atoms with Crippen molar-refractivity contribution in [2.75, 3.05) is 0 Å². The van der Waals surface area contributed by atoms with E-state index in [4.69, 9.17) is 0 Å². The Morgan fingerprint density at radius 1 is 1.24 bits per heavy atom. The van der Waals surface area contributed by atoms with Crippen molar-refractivity contribution < 1.29 is 5.11 Å². The Morgan fingerprint density at radius 2 is 2.00 bits per heavy atom. The molecular weight excluding hydrogens is 210 g/mol. The number of nitrogens with one attached hydrogen (secondary N) is 1. The highest BCUT2D eigenvalue weighted by Crippen LogP contribution is 2.31. The SMILES string of the molecule is Cc1c(-c2ccccc2)[nH]c2c1CCC(O)C2. The lowest BCUT2D eigenvalue weighted by molar-refractivity contribution is 0.157. The van der Waals surface area contributed by atoms with Crippen LogP contribution in [0.1, 0.15) is 23.2 Å². The van der Waals surface area contributed by atoms with Crippen molar-refractivity contribution >= 4 is 0 Å². The first kappa shape index (κ1) is 10.6. The maximum absolute atomic E-state index is 9.71. The van der Waals surface area contributed by atoms with Gasteiger partial charge in [0.25, 0.3) is 0 Å². The zero-order valence-corrected chi connectivity index (χ0v) is 10.0. The molecule has 17 heavy (non-hydrogen) atoms. The summed E-state index contributed by atoms with van der Waals surface area (Å²) in [6.45, 7) is 2.18. The van der Waals surface area contributed by atoms with Gasteiger partial charge in [-0.2, -0.15) is 0 Å². The van der Waals surface area contributed by atoms with Gasteiger partial charge in [0.15, 0.2) is 0 Å². The minimum atomic E-state index is -0.177. The van der Waals surface area contributed by atoms with Crippen LogP contribution >= 0.6 is 0 Å². The fourth-order valence-electron chi connectivity index (χ4n) is 2.75. The molecule has 88 valence electrons. The number of benzene rings is 1. The Labute approximate surface area is 101 Å². The number of aliphatic hydroxyl groups is 1. The van der Waals surface area contributed by atoms with Gasteiger partial charge >= 0.3 is 0 Å². The molecule has 2 aromatic rings. The molecule has 2 heteroatoms. The second-order valence-corrected chi connectivity index (χ2v) is 4.84. The van der Waals surface area contributed by atoms with E-state index in [1.165, 1.54) is 28.1 Å². The second kappa shape index (κ2) is 4.04. The number of hydrogen-bond acceptors (Lipinski definition) is 1. The summed E-state index contributed by atoms with van der Waals surface area (Å²) in [5, 5.41) is 9.71. The number of aromatic amines is 1. The van der Waals surface area contributed by atoms with Crippen LogP contribution in [-0.4, -0.2) is 16.2 Å². The van der Waals surface area contributed by atoms with Crippen molar-refractivity contribution in [3.63, 3.8) is 0 Å². The Bertz CT molecular complexity index is 527. The third-order valence-corrected chi connectivity index (χ3v) is 3.70. The van der Waals surface area contributed by atoms with Gasteiger partial charge < -0.3 is 10.1 Å². The van der Waals surface area contributed by atoms with Crippen LogP contribution in [0.15, 0.2) is 30.3 Å². The molecule has 0 fully saturated rings. The first-order valence-corrected chi connectivity index (χ1v) is 6.19. The first-order valence-electron chi connectivity index (χ1n) is 6.19. The summed E-state index contributed by atoms with van der Waals surface area (Å²) >= 11 is 0. The highest BCUT2D eigenvalue weighted by atomic mass is 16.3. The molecule has 0 saturated heterocycles. The zero-order valence-electron chi connectivity index (χ0n) is 10.0. The highest BCUT2D eigenvalue weighted by Gasteiger charge is 2.22. The summed E-state index contributed by atoms with van der Waals surface area (Å²) in [5.74, 6) is 0. The van der Waals surface area contributed by atoms with Crippen molar-refractivity contribution in [1.29, 1.82) is 0 Å². The van der Waals surface area contributed by atoms with Crippen LogP contribution in [0.3, 0.4) is 0 Å². The maximum Gasteiger partial charge on any atom is 0.0598 e. The van der Waals surface area contributed by atoms with E-state index in [2.05, 4.69) is 36.2 Å². The van der Waals surface area contributed by atoms with Gasteiger partial charge in [0.1, 0.15) is 0 Å². The van der Waals surface area contributed by atoms with E-state index >= 15 is 0 Å². The van der Waals surface area contributed by atoms with Crippen LogP contribution in [0.5, 0.6) is 0 Å². The third-order valence-electron chi connectivity index (χ3n) is 3.70. The largest absolute Gasteiger partial charge is 0.393 e. The molecule has 1 aliphatic carbocycles.